The van der Waals surface area contributed by atoms with E-state index in [9.17, 15) is 0 Å². The van der Waals surface area contributed by atoms with Crippen LogP contribution in [0.2, 0.25) is 39.3 Å². The van der Waals surface area contributed by atoms with Gasteiger partial charge in [0.2, 0.25) is 0 Å². The van der Waals surface area contributed by atoms with Crippen LogP contribution in [0, 0.1) is 83.1 Å². The summed E-state index contributed by atoms with van der Waals surface area (Å²) in [6.45, 7) is 42.9. The first-order valence-corrected chi connectivity index (χ1v) is 30.0. The van der Waals surface area contributed by atoms with Crippen molar-refractivity contribution < 1.29 is 0 Å². The molecular formula is C54H66GeSi2. The summed E-state index contributed by atoms with van der Waals surface area (Å²) in [5.74, 6) is 0. The molecule has 0 amide bonds. The summed E-state index contributed by atoms with van der Waals surface area (Å²) in [5, 5.41) is 3.07. The summed E-state index contributed by atoms with van der Waals surface area (Å²) >= 11 is -0.980. The van der Waals surface area contributed by atoms with E-state index in [0.717, 1.165) is 0 Å². The molecular weight excluding hydrogens is 777 g/mol. The molecule has 6 aromatic carbocycles. The van der Waals surface area contributed by atoms with E-state index in [1.165, 1.54) is 122 Å². The van der Waals surface area contributed by atoms with E-state index in [4.69, 9.17) is 0 Å². The van der Waals surface area contributed by atoms with E-state index in [2.05, 4.69) is 195 Å². The summed E-state index contributed by atoms with van der Waals surface area (Å²) in [5.41, 5.74) is 27.9. The molecule has 0 spiro atoms. The second-order valence-corrected chi connectivity index (χ2v) is 32.4. The summed E-state index contributed by atoms with van der Waals surface area (Å²) < 4.78 is 3.13. The molecule has 0 aliphatic heterocycles. The SMILES string of the molecule is Cc1cc(C)c(-c2cc([Si](C)(C)C)cc(-c3c(C)cc(C)cc3C)[c]2[Ge][c]2c(-c3c(C)cc(C)cc3C)cc([Si](C)(C)C)cc2-c2c(C)cc(C)cc2C)c(C)c1. The molecule has 6 rings (SSSR count). The Morgan fingerprint density at radius 3 is 0.614 bits per heavy atom. The van der Waals surface area contributed by atoms with Crippen LogP contribution in [0.1, 0.15) is 66.8 Å². The Labute approximate surface area is 355 Å². The Balaban J connectivity index is 1.89. The van der Waals surface area contributed by atoms with Crippen molar-refractivity contribution in [2.24, 2.45) is 0 Å². The zero-order valence-corrected chi connectivity index (χ0v) is 42.5. The van der Waals surface area contributed by atoms with Crippen molar-refractivity contribution in [2.45, 2.75) is 122 Å². The number of rotatable bonds is 8. The third-order valence-electron chi connectivity index (χ3n) is 12.0. The van der Waals surface area contributed by atoms with Crippen molar-refractivity contribution in [3.05, 3.63) is 140 Å². The second-order valence-electron chi connectivity index (χ2n) is 19.6. The average molecular weight is 844 g/mol. The molecule has 0 nitrogen and oxygen atoms in total. The van der Waals surface area contributed by atoms with E-state index >= 15 is 0 Å². The average Bonchev–Trinajstić information content (AvgIpc) is 3.03. The Morgan fingerprint density at radius 2 is 0.456 bits per heavy atom. The van der Waals surface area contributed by atoms with Crippen LogP contribution in [0.3, 0.4) is 0 Å². The van der Waals surface area contributed by atoms with Crippen LogP contribution < -0.4 is 19.2 Å². The van der Waals surface area contributed by atoms with Crippen LogP contribution in [-0.2, 0) is 0 Å². The fraction of sp³-hybridized carbons (Fsp3) is 0.333. The predicted octanol–water partition coefficient (Wildman–Crippen LogP) is 12.8. The van der Waals surface area contributed by atoms with Gasteiger partial charge in [0.05, 0.1) is 0 Å². The van der Waals surface area contributed by atoms with Gasteiger partial charge in [0.15, 0.2) is 0 Å². The Kier molecular flexibility index (Phi) is 11.9. The van der Waals surface area contributed by atoms with Crippen molar-refractivity contribution in [3.8, 4) is 44.5 Å². The molecule has 0 fully saturated rings. The van der Waals surface area contributed by atoms with Gasteiger partial charge in [-0.05, 0) is 0 Å². The Bertz CT molecular complexity index is 2140. The fourth-order valence-electron chi connectivity index (χ4n) is 9.75. The van der Waals surface area contributed by atoms with Gasteiger partial charge >= 0.3 is 357 Å². The van der Waals surface area contributed by atoms with Crippen molar-refractivity contribution in [3.63, 3.8) is 0 Å². The topological polar surface area (TPSA) is 0 Å². The molecule has 0 N–H and O–H groups in total. The van der Waals surface area contributed by atoms with E-state index in [1.807, 2.05) is 0 Å². The molecule has 2 radical (unpaired) electrons. The molecule has 0 unspecified atom stereocenters. The molecule has 0 bridgehead atoms. The van der Waals surface area contributed by atoms with Crippen molar-refractivity contribution >= 4 is 50.7 Å². The van der Waals surface area contributed by atoms with Gasteiger partial charge in [-0.2, -0.15) is 0 Å². The zero-order chi connectivity index (χ0) is 42.0. The normalized spacial score (nSPS) is 12.1. The molecule has 3 heteroatoms. The molecule has 0 saturated heterocycles. The number of hydrogen-bond donors (Lipinski definition) is 0. The van der Waals surface area contributed by atoms with Crippen LogP contribution in [0.5, 0.6) is 0 Å². The maximum atomic E-state index is 2.65. The maximum absolute atomic E-state index is 2.65. The molecule has 6 aromatic rings. The van der Waals surface area contributed by atoms with Crippen molar-refractivity contribution in [1.29, 1.82) is 0 Å². The summed E-state index contributed by atoms with van der Waals surface area (Å²) in [7, 11) is -3.49. The van der Waals surface area contributed by atoms with Gasteiger partial charge in [0.1, 0.15) is 0 Å². The fourth-order valence-corrected chi connectivity index (χ4v) is 15.4. The summed E-state index contributed by atoms with van der Waals surface area (Å²) in [6.07, 6.45) is 0. The van der Waals surface area contributed by atoms with E-state index in [1.54, 1.807) is 8.79 Å². The standard InChI is InChI=1S/C54H66GeSi2/c1-31-19-35(5)49(36(6)20-31)45-27-43(56(13,14)15)28-46(50-37(7)21-32(2)22-38(50)8)53(45)55-54-47(51-39(9)23-33(3)24-40(51)10)29-44(57(16,17)18)30-48(54)52-41(11)25-34(4)26-42(52)12/h19-30H,1-18H3. The van der Waals surface area contributed by atoms with Crippen LogP contribution in [-0.4, -0.2) is 31.6 Å². The van der Waals surface area contributed by atoms with E-state index < -0.39 is 31.6 Å². The van der Waals surface area contributed by atoms with Gasteiger partial charge in [-0.15, -0.1) is 0 Å². The molecule has 0 saturated carbocycles. The van der Waals surface area contributed by atoms with Crippen LogP contribution in [0.25, 0.3) is 44.5 Å². The van der Waals surface area contributed by atoms with Gasteiger partial charge < -0.3 is 0 Å². The van der Waals surface area contributed by atoms with Gasteiger partial charge in [0.25, 0.3) is 0 Å². The van der Waals surface area contributed by atoms with E-state index in [0.29, 0.717) is 0 Å². The predicted molar refractivity (Wildman–Crippen MR) is 262 cm³/mol. The first-order valence-electron chi connectivity index (χ1n) is 20.9. The molecule has 0 atom stereocenters. The van der Waals surface area contributed by atoms with Gasteiger partial charge in [0, 0.05) is 0 Å². The summed E-state index contributed by atoms with van der Waals surface area (Å²) in [4.78, 5) is 0. The van der Waals surface area contributed by atoms with Gasteiger partial charge in [-0.25, -0.2) is 0 Å². The zero-order valence-electron chi connectivity index (χ0n) is 38.4. The van der Waals surface area contributed by atoms with Crippen LogP contribution >= 0.6 is 0 Å². The molecule has 294 valence electrons. The minimum absolute atomic E-state index is 0.980. The van der Waals surface area contributed by atoms with Gasteiger partial charge in [-0.3, -0.25) is 0 Å². The van der Waals surface area contributed by atoms with Crippen molar-refractivity contribution in [1.82, 2.24) is 0 Å². The molecule has 0 aliphatic rings. The molecule has 0 aliphatic carbocycles. The first kappa shape index (κ1) is 42.9. The Hall–Kier alpha value is -3.70. The summed E-state index contributed by atoms with van der Waals surface area (Å²) in [6, 6.07) is 29.9. The van der Waals surface area contributed by atoms with Gasteiger partial charge in [-0.1, -0.05) is 0 Å². The number of benzene rings is 6. The minimum atomic E-state index is -1.75. The second kappa shape index (κ2) is 15.8. The monoisotopic (exact) mass is 844 g/mol. The quantitative estimate of drug-likeness (QED) is 0.134. The molecule has 0 heterocycles. The van der Waals surface area contributed by atoms with Crippen LogP contribution in [0.15, 0.2) is 72.8 Å². The van der Waals surface area contributed by atoms with E-state index in [-0.39, 0.29) is 0 Å². The number of hydrogen-bond acceptors (Lipinski definition) is 0. The first-order chi connectivity index (χ1) is 26.5. The number of aryl methyl sites for hydroxylation is 12. The molecule has 0 aromatic heterocycles. The molecule has 57 heavy (non-hydrogen) atoms. The van der Waals surface area contributed by atoms with Crippen molar-refractivity contribution in [2.75, 3.05) is 0 Å². The Morgan fingerprint density at radius 1 is 0.281 bits per heavy atom. The van der Waals surface area contributed by atoms with Crippen LogP contribution in [0.4, 0.5) is 0 Å². The third kappa shape index (κ3) is 8.56. The third-order valence-corrected chi connectivity index (χ3v) is 19.4.